The van der Waals surface area contributed by atoms with Gasteiger partial charge in [-0.25, -0.2) is 4.39 Å². The molecule has 0 unspecified atom stereocenters. The first kappa shape index (κ1) is 13.4. The largest absolute Gasteiger partial charge is 0.345 e. The van der Waals surface area contributed by atoms with Crippen LogP contribution < -0.4 is 5.32 Å². The highest BCUT2D eigenvalue weighted by atomic mass is 35.5. The van der Waals surface area contributed by atoms with Gasteiger partial charge >= 0.3 is 0 Å². The van der Waals surface area contributed by atoms with Crippen LogP contribution in [-0.2, 0) is 4.79 Å². The molecule has 0 aromatic heterocycles. The number of nitrogens with one attached hydrogen (secondary N) is 1. The van der Waals surface area contributed by atoms with E-state index in [1.54, 1.807) is 14.1 Å². The normalized spacial score (nSPS) is 9.88. The number of rotatable bonds is 3. The summed E-state index contributed by atoms with van der Waals surface area (Å²) in [5, 5.41) is 2.28. The molecular formula is C11H12ClFN2O2. The molecule has 1 rings (SSSR count). The fourth-order valence-electron chi connectivity index (χ4n) is 1.20. The smallest absolute Gasteiger partial charge is 0.253 e. The average Bonchev–Trinajstić information content (AvgIpc) is 2.30. The highest BCUT2D eigenvalue weighted by Crippen LogP contribution is 2.17. The van der Waals surface area contributed by atoms with Crippen molar-refractivity contribution in [1.82, 2.24) is 4.90 Å². The SMILES string of the molecule is CN(C)C(=O)c1ccc(F)c(NC(=O)CCl)c1. The summed E-state index contributed by atoms with van der Waals surface area (Å²) >= 11 is 5.30. The van der Waals surface area contributed by atoms with Gasteiger partial charge in [-0.2, -0.15) is 0 Å². The first-order chi connectivity index (χ1) is 7.95. The Labute approximate surface area is 103 Å². The van der Waals surface area contributed by atoms with Gasteiger partial charge < -0.3 is 10.2 Å². The van der Waals surface area contributed by atoms with E-state index in [0.717, 1.165) is 6.07 Å². The van der Waals surface area contributed by atoms with Gasteiger partial charge in [0.1, 0.15) is 11.7 Å². The molecule has 0 saturated carbocycles. The highest BCUT2D eigenvalue weighted by Gasteiger charge is 2.12. The number of hydrogen-bond acceptors (Lipinski definition) is 2. The van der Waals surface area contributed by atoms with Crippen LogP contribution in [0.15, 0.2) is 18.2 Å². The Hall–Kier alpha value is -1.62. The molecule has 0 heterocycles. The summed E-state index contributed by atoms with van der Waals surface area (Å²) in [4.78, 5) is 24.0. The summed E-state index contributed by atoms with van der Waals surface area (Å²) in [6, 6.07) is 3.76. The van der Waals surface area contributed by atoms with Crippen LogP contribution in [0, 0.1) is 5.82 Å². The molecular weight excluding hydrogens is 247 g/mol. The number of carbonyl (C=O) groups excluding carboxylic acids is 2. The van der Waals surface area contributed by atoms with Crippen LogP contribution in [0.2, 0.25) is 0 Å². The Morgan fingerprint density at radius 3 is 2.59 bits per heavy atom. The van der Waals surface area contributed by atoms with Crippen molar-refractivity contribution in [3.8, 4) is 0 Å². The van der Waals surface area contributed by atoms with Gasteiger partial charge in [0, 0.05) is 19.7 Å². The number of benzene rings is 1. The lowest BCUT2D eigenvalue weighted by Gasteiger charge is -2.12. The van der Waals surface area contributed by atoms with Crippen LogP contribution >= 0.6 is 11.6 Å². The third-order valence-electron chi connectivity index (χ3n) is 2.01. The van der Waals surface area contributed by atoms with Gasteiger partial charge in [0.25, 0.3) is 5.91 Å². The molecule has 92 valence electrons. The molecule has 6 heteroatoms. The minimum Gasteiger partial charge on any atom is -0.345 e. The number of carbonyl (C=O) groups is 2. The summed E-state index contributed by atoms with van der Waals surface area (Å²) in [5.74, 6) is -1.68. The minimum atomic E-state index is -0.612. The number of halogens is 2. The van der Waals surface area contributed by atoms with Crippen LogP contribution in [0.4, 0.5) is 10.1 Å². The lowest BCUT2D eigenvalue weighted by Crippen LogP contribution is -2.22. The number of anilines is 1. The van der Waals surface area contributed by atoms with E-state index < -0.39 is 11.7 Å². The molecule has 17 heavy (non-hydrogen) atoms. The lowest BCUT2D eigenvalue weighted by atomic mass is 10.1. The molecule has 2 amide bonds. The topological polar surface area (TPSA) is 49.4 Å². The van der Waals surface area contributed by atoms with E-state index >= 15 is 0 Å². The standard InChI is InChI=1S/C11H12ClFN2O2/c1-15(2)11(17)7-3-4-8(13)9(5-7)14-10(16)6-12/h3-5H,6H2,1-2H3,(H,14,16). The van der Waals surface area contributed by atoms with Crippen LogP contribution in [0.5, 0.6) is 0 Å². The summed E-state index contributed by atoms with van der Waals surface area (Å²) in [6.45, 7) is 0. The molecule has 4 nitrogen and oxygen atoms in total. The monoisotopic (exact) mass is 258 g/mol. The van der Waals surface area contributed by atoms with Crippen LogP contribution in [-0.4, -0.2) is 36.7 Å². The third kappa shape index (κ3) is 3.42. The number of alkyl halides is 1. The fourth-order valence-corrected chi connectivity index (χ4v) is 1.26. The van der Waals surface area contributed by atoms with Gasteiger partial charge in [-0.05, 0) is 18.2 Å². The van der Waals surface area contributed by atoms with Gasteiger partial charge in [-0.3, -0.25) is 9.59 Å². The fraction of sp³-hybridized carbons (Fsp3) is 0.273. The van der Waals surface area contributed by atoms with E-state index in [1.807, 2.05) is 0 Å². The Morgan fingerprint density at radius 1 is 1.41 bits per heavy atom. The maximum absolute atomic E-state index is 13.3. The minimum absolute atomic E-state index is 0.0525. The zero-order chi connectivity index (χ0) is 13.0. The Bertz CT molecular complexity index is 449. The molecule has 0 atom stereocenters. The second-order valence-electron chi connectivity index (χ2n) is 3.58. The Morgan fingerprint density at radius 2 is 2.06 bits per heavy atom. The van der Waals surface area contributed by atoms with Gasteiger partial charge in [-0.15, -0.1) is 11.6 Å². The van der Waals surface area contributed by atoms with Crippen molar-refractivity contribution < 1.29 is 14.0 Å². The molecule has 0 aliphatic carbocycles. The van der Waals surface area contributed by atoms with E-state index in [9.17, 15) is 14.0 Å². The van der Waals surface area contributed by atoms with Gasteiger partial charge in [0.15, 0.2) is 0 Å². The maximum Gasteiger partial charge on any atom is 0.253 e. The van der Waals surface area contributed by atoms with E-state index in [2.05, 4.69) is 5.32 Å². The average molecular weight is 259 g/mol. The van der Waals surface area contributed by atoms with E-state index in [0.29, 0.717) is 5.56 Å². The Balaban J connectivity index is 3.02. The van der Waals surface area contributed by atoms with Crippen molar-refractivity contribution in [2.24, 2.45) is 0 Å². The lowest BCUT2D eigenvalue weighted by molar-refractivity contribution is -0.113. The molecule has 0 fully saturated rings. The maximum atomic E-state index is 13.3. The number of amides is 2. The van der Waals surface area contributed by atoms with E-state index in [1.165, 1.54) is 17.0 Å². The van der Waals surface area contributed by atoms with Crippen molar-refractivity contribution in [2.45, 2.75) is 0 Å². The number of hydrogen-bond donors (Lipinski definition) is 1. The van der Waals surface area contributed by atoms with Crippen molar-refractivity contribution in [3.63, 3.8) is 0 Å². The summed E-state index contributed by atoms with van der Waals surface area (Å²) < 4.78 is 13.3. The van der Waals surface area contributed by atoms with Gasteiger partial charge in [0.2, 0.25) is 5.91 Å². The highest BCUT2D eigenvalue weighted by molar-refractivity contribution is 6.29. The van der Waals surface area contributed by atoms with Crippen molar-refractivity contribution in [3.05, 3.63) is 29.6 Å². The van der Waals surface area contributed by atoms with Gasteiger partial charge in [-0.1, -0.05) is 0 Å². The van der Waals surface area contributed by atoms with Crippen molar-refractivity contribution >= 4 is 29.1 Å². The predicted octanol–water partition coefficient (Wildman–Crippen LogP) is 1.70. The van der Waals surface area contributed by atoms with Gasteiger partial charge in [0.05, 0.1) is 5.69 Å². The molecule has 0 aliphatic rings. The van der Waals surface area contributed by atoms with Crippen LogP contribution in [0.25, 0.3) is 0 Å². The molecule has 0 spiro atoms. The third-order valence-corrected chi connectivity index (χ3v) is 2.26. The van der Waals surface area contributed by atoms with E-state index in [4.69, 9.17) is 11.6 Å². The van der Waals surface area contributed by atoms with Crippen LogP contribution in [0.3, 0.4) is 0 Å². The molecule has 0 radical (unpaired) electrons. The first-order valence-corrected chi connectivity index (χ1v) is 5.36. The summed E-state index contributed by atoms with van der Waals surface area (Å²) in [5.41, 5.74) is 0.240. The molecule has 0 aliphatic heterocycles. The van der Waals surface area contributed by atoms with Crippen LogP contribution in [0.1, 0.15) is 10.4 Å². The zero-order valence-corrected chi connectivity index (χ0v) is 10.2. The quantitative estimate of drug-likeness (QED) is 0.839. The second kappa shape index (κ2) is 5.63. The van der Waals surface area contributed by atoms with Crippen molar-refractivity contribution in [1.29, 1.82) is 0 Å². The number of nitrogens with zero attached hydrogens (tertiary/aromatic N) is 1. The molecule has 0 saturated heterocycles. The summed E-state index contributed by atoms with van der Waals surface area (Å²) in [6.07, 6.45) is 0. The van der Waals surface area contributed by atoms with E-state index in [-0.39, 0.29) is 17.5 Å². The molecule has 0 bridgehead atoms. The Kier molecular flexibility index (Phi) is 4.45. The zero-order valence-electron chi connectivity index (χ0n) is 9.46. The molecule has 1 aromatic rings. The molecule has 1 aromatic carbocycles. The molecule has 1 N–H and O–H groups in total. The predicted molar refractivity (Wildman–Crippen MR) is 63.8 cm³/mol. The second-order valence-corrected chi connectivity index (χ2v) is 3.84. The van der Waals surface area contributed by atoms with Crippen molar-refractivity contribution in [2.75, 3.05) is 25.3 Å². The summed E-state index contributed by atoms with van der Waals surface area (Å²) in [7, 11) is 3.17. The first-order valence-electron chi connectivity index (χ1n) is 4.82.